The third-order valence-corrected chi connectivity index (χ3v) is 2.47. The molecular formula is C16H18O3. The van der Waals surface area contributed by atoms with E-state index in [1.54, 1.807) is 26.0 Å². The minimum atomic E-state index is -0.387. The number of carbonyl (C=O) groups excluding carboxylic acids is 2. The van der Waals surface area contributed by atoms with Gasteiger partial charge in [-0.25, -0.2) is 4.79 Å². The topological polar surface area (TPSA) is 43.4 Å². The van der Waals surface area contributed by atoms with Crippen LogP contribution in [0.15, 0.2) is 48.6 Å². The summed E-state index contributed by atoms with van der Waals surface area (Å²) in [6.45, 7) is 3.87. The molecule has 1 aromatic rings. The van der Waals surface area contributed by atoms with Gasteiger partial charge >= 0.3 is 5.97 Å². The minimum absolute atomic E-state index is 0.0209. The summed E-state index contributed by atoms with van der Waals surface area (Å²) in [5, 5.41) is 0. The molecule has 0 aliphatic rings. The van der Waals surface area contributed by atoms with E-state index in [1.807, 2.05) is 30.3 Å². The van der Waals surface area contributed by atoms with Crippen molar-refractivity contribution in [3.05, 3.63) is 54.1 Å². The molecule has 0 fully saturated rings. The highest BCUT2D eigenvalue weighted by Crippen LogP contribution is 2.16. The van der Waals surface area contributed by atoms with Crippen LogP contribution in [-0.4, -0.2) is 18.4 Å². The van der Waals surface area contributed by atoms with E-state index in [4.69, 9.17) is 4.74 Å². The maximum absolute atomic E-state index is 11.9. The van der Waals surface area contributed by atoms with Crippen LogP contribution < -0.4 is 0 Å². The van der Waals surface area contributed by atoms with Gasteiger partial charge in [0, 0.05) is 6.42 Å². The second-order valence-corrected chi connectivity index (χ2v) is 3.85. The zero-order chi connectivity index (χ0) is 14.1. The summed E-state index contributed by atoms with van der Waals surface area (Å²) < 4.78 is 5.02. The van der Waals surface area contributed by atoms with Crippen molar-refractivity contribution in [1.82, 2.24) is 0 Å². The molecule has 3 nitrogen and oxygen atoms in total. The highest BCUT2D eigenvalue weighted by molar-refractivity contribution is 6.16. The molecule has 0 radical (unpaired) electrons. The Balaban J connectivity index is 2.99. The Labute approximate surface area is 113 Å². The van der Waals surface area contributed by atoms with E-state index in [0.29, 0.717) is 18.6 Å². The number of allylic oxidation sites excluding steroid dienone is 3. The maximum Gasteiger partial charge on any atom is 0.338 e. The van der Waals surface area contributed by atoms with Crippen LogP contribution in [0.5, 0.6) is 0 Å². The predicted octanol–water partition coefficient (Wildman–Crippen LogP) is 3.17. The fraction of sp³-hybridized carbons (Fsp3) is 0.250. The molecular weight excluding hydrogens is 240 g/mol. The van der Waals surface area contributed by atoms with E-state index in [9.17, 15) is 9.59 Å². The maximum atomic E-state index is 11.9. The van der Waals surface area contributed by atoms with Crippen LogP contribution in [-0.2, 0) is 14.3 Å². The summed E-state index contributed by atoms with van der Waals surface area (Å²) in [5.41, 5.74) is 1.22. The summed E-state index contributed by atoms with van der Waals surface area (Å²) in [7, 11) is 0. The van der Waals surface area contributed by atoms with E-state index in [0.717, 1.165) is 5.56 Å². The predicted molar refractivity (Wildman–Crippen MR) is 75.5 cm³/mol. The van der Waals surface area contributed by atoms with Crippen LogP contribution in [0.3, 0.4) is 0 Å². The number of esters is 1. The number of ether oxygens (including phenoxy) is 1. The molecule has 0 atom stereocenters. The van der Waals surface area contributed by atoms with Crippen molar-refractivity contribution in [1.29, 1.82) is 0 Å². The van der Waals surface area contributed by atoms with E-state index >= 15 is 0 Å². The summed E-state index contributed by atoms with van der Waals surface area (Å²) in [4.78, 5) is 23.1. The summed E-state index contributed by atoms with van der Waals surface area (Å²) in [5.74, 6) is -0.366. The number of ketones is 1. The largest absolute Gasteiger partial charge is 0.462 e. The van der Waals surface area contributed by atoms with Crippen LogP contribution in [0.2, 0.25) is 0 Å². The van der Waals surface area contributed by atoms with Gasteiger partial charge in [0.05, 0.1) is 12.2 Å². The normalized spacial score (nSPS) is 11.6. The van der Waals surface area contributed by atoms with Crippen molar-refractivity contribution in [2.24, 2.45) is 0 Å². The standard InChI is InChI=1S/C16H18O3/c1-3-14(17)11-8-12-15(16(18)19-4-2)13-9-6-5-7-10-13/h5-12H,3-4H2,1-2H3/b11-8+,15-12+. The van der Waals surface area contributed by atoms with Gasteiger partial charge in [0.15, 0.2) is 5.78 Å². The van der Waals surface area contributed by atoms with Crippen molar-refractivity contribution in [3.8, 4) is 0 Å². The van der Waals surface area contributed by atoms with Gasteiger partial charge in [0.25, 0.3) is 0 Å². The Morgan fingerprint density at radius 3 is 2.42 bits per heavy atom. The lowest BCUT2D eigenvalue weighted by Crippen LogP contribution is -2.06. The Hall–Kier alpha value is -2.16. The van der Waals surface area contributed by atoms with Crippen molar-refractivity contribution in [2.75, 3.05) is 6.61 Å². The first kappa shape index (κ1) is 14.9. The van der Waals surface area contributed by atoms with Gasteiger partial charge in [-0.2, -0.15) is 0 Å². The van der Waals surface area contributed by atoms with Gasteiger partial charge < -0.3 is 4.74 Å². The highest BCUT2D eigenvalue weighted by atomic mass is 16.5. The molecule has 0 saturated heterocycles. The first-order chi connectivity index (χ1) is 9.19. The SMILES string of the molecule is CCOC(=O)/C(=C/C=C/C(=O)CC)c1ccccc1. The minimum Gasteiger partial charge on any atom is -0.462 e. The quantitative estimate of drug-likeness (QED) is 0.447. The van der Waals surface area contributed by atoms with E-state index in [2.05, 4.69) is 0 Å². The monoisotopic (exact) mass is 258 g/mol. The van der Waals surface area contributed by atoms with Gasteiger partial charge in [0.1, 0.15) is 0 Å². The van der Waals surface area contributed by atoms with Gasteiger partial charge in [0.2, 0.25) is 0 Å². The average Bonchev–Trinajstić information content (AvgIpc) is 2.44. The summed E-state index contributed by atoms with van der Waals surface area (Å²) in [6, 6.07) is 9.24. The summed E-state index contributed by atoms with van der Waals surface area (Å²) >= 11 is 0. The van der Waals surface area contributed by atoms with Crippen LogP contribution in [0.1, 0.15) is 25.8 Å². The molecule has 0 aromatic heterocycles. The Morgan fingerprint density at radius 2 is 1.84 bits per heavy atom. The third kappa shape index (κ3) is 4.92. The van der Waals surface area contributed by atoms with Crippen LogP contribution in [0, 0.1) is 0 Å². The van der Waals surface area contributed by atoms with E-state index in [1.165, 1.54) is 6.08 Å². The van der Waals surface area contributed by atoms with Gasteiger partial charge in [-0.15, -0.1) is 0 Å². The lowest BCUT2D eigenvalue weighted by molar-refractivity contribution is -0.136. The third-order valence-electron chi connectivity index (χ3n) is 2.47. The zero-order valence-electron chi connectivity index (χ0n) is 11.3. The Bertz CT molecular complexity index is 484. The molecule has 19 heavy (non-hydrogen) atoms. The zero-order valence-corrected chi connectivity index (χ0v) is 11.3. The van der Waals surface area contributed by atoms with E-state index in [-0.39, 0.29) is 11.8 Å². The lowest BCUT2D eigenvalue weighted by Gasteiger charge is -2.06. The second kappa shape index (κ2) is 8.03. The Morgan fingerprint density at radius 1 is 1.16 bits per heavy atom. The molecule has 0 saturated carbocycles. The van der Waals surface area contributed by atoms with Crippen LogP contribution in [0.4, 0.5) is 0 Å². The van der Waals surface area contributed by atoms with Crippen LogP contribution >= 0.6 is 0 Å². The second-order valence-electron chi connectivity index (χ2n) is 3.85. The first-order valence-electron chi connectivity index (χ1n) is 6.32. The fourth-order valence-electron chi connectivity index (χ4n) is 1.48. The van der Waals surface area contributed by atoms with E-state index < -0.39 is 0 Å². The molecule has 1 rings (SSSR count). The first-order valence-corrected chi connectivity index (χ1v) is 6.32. The highest BCUT2D eigenvalue weighted by Gasteiger charge is 2.11. The molecule has 0 amide bonds. The van der Waals surface area contributed by atoms with Crippen molar-refractivity contribution < 1.29 is 14.3 Å². The molecule has 0 aliphatic heterocycles. The van der Waals surface area contributed by atoms with Crippen molar-refractivity contribution >= 4 is 17.3 Å². The molecule has 100 valence electrons. The fourth-order valence-corrected chi connectivity index (χ4v) is 1.48. The molecule has 1 aromatic carbocycles. The van der Waals surface area contributed by atoms with Crippen LogP contribution in [0.25, 0.3) is 5.57 Å². The smallest absolute Gasteiger partial charge is 0.338 e. The number of rotatable bonds is 6. The van der Waals surface area contributed by atoms with Crippen molar-refractivity contribution in [2.45, 2.75) is 20.3 Å². The number of hydrogen-bond acceptors (Lipinski definition) is 3. The molecule has 0 spiro atoms. The lowest BCUT2D eigenvalue weighted by atomic mass is 10.1. The van der Waals surface area contributed by atoms with Gasteiger partial charge in [-0.3, -0.25) is 4.79 Å². The average molecular weight is 258 g/mol. The Kier molecular flexibility index (Phi) is 6.30. The van der Waals surface area contributed by atoms with Crippen molar-refractivity contribution in [3.63, 3.8) is 0 Å². The molecule has 3 heteroatoms. The number of hydrogen-bond donors (Lipinski definition) is 0. The molecule has 0 aliphatic carbocycles. The number of benzene rings is 1. The number of carbonyl (C=O) groups is 2. The molecule has 0 heterocycles. The van der Waals surface area contributed by atoms with Gasteiger partial charge in [-0.1, -0.05) is 43.3 Å². The summed E-state index contributed by atoms with van der Waals surface area (Å²) in [6.07, 6.45) is 5.11. The molecule has 0 N–H and O–H groups in total. The molecule has 0 unspecified atom stereocenters. The molecule has 0 bridgehead atoms. The van der Waals surface area contributed by atoms with Gasteiger partial charge in [-0.05, 0) is 24.6 Å².